The lowest BCUT2D eigenvalue weighted by Crippen LogP contribution is -2.45. The Balaban J connectivity index is 1.67. The van der Waals surface area contributed by atoms with Gasteiger partial charge < -0.3 is 10.1 Å². The Morgan fingerprint density at radius 1 is 1.27 bits per heavy atom. The molecule has 162 valence electrons. The summed E-state index contributed by atoms with van der Waals surface area (Å²) in [5.74, 6) is -0.0530. The Bertz CT molecular complexity index is 1010. The van der Waals surface area contributed by atoms with Crippen LogP contribution in [-0.4, -0.2) is 38.3 Å². The molecule has 1 aliphatic heterocycles. The molecule has 2 aromatic carbocycles. The molecule has 0 spiro atoms. The van der Waals surface area contributed by atoms with E-state index in [1.165, 1.54) is 16.4 Å². The smallest absolute Gasteiger partial charge is 0.243 e. The molecule has 0 aliphatic carbocycles. The largest absolute Gasteiger partial charge is 0.492 e. The number of hydrogen-bond donors (Lipinski definition) is 1. The van der Waals surface area contributed by atoms with Crippen LogP contribution >= 0.6 is 11.6 Å². The van der Waals surface area contributed by atoms with Crippen molar-refractivity contribution in [1.82, 2.24) is 9.62 Å². The summed E-state index contributed by atoms with van der Waals surface area (Å²) in [6, 6.07) is 12.4. The lowest BCUT2D eigenvalue weighted by molar-refractivity contribution is -0.126. The number of amides is 1. The average molecular weight is 451 g/mol. The number of carbonyl (C=O) groups excluding carboxylic acids is 1. The first-order chi connectivity index (χ1) is 14.3. The molecule has 3 rings (SSSR count). The predicted octanol–water partition coefficient (Wildman–Crippen LogP) is 3.76. The van der Waals surface area contributed by atoms with Crippen LogP contribution in [-0.2, 0) is 21.4 Å². The Labute approximate surface area is 183 Å². The first-order valence-electron chi connectivity index (χ1n) is 10.1. The lowest BCUT2D eigenvalue weighted by atomic mass is 9.98. The fourth-order valence-corrected chi connectivity index (χ4v) is 5.44. The third kappa shape index (κ3) is 5.33. The van der Waals surface area contributed by atoms with Gasteiger partial charge in [-0.15, -0.1) is 0 Å². The Kier molecular flexibility index (Phi) is 7.39. The van der Waals surface area contributed by atoms with Gasteiger partial charge in [0, 0.05) is 19.6 Å². The third-order valence-electron chi connectivity index (χ3n) is 5.15. The fraction of sp³-hybridized carbons (Fsp3) is 0.409. The molecular weight excluding hydrogens is 424 g/mol. The van der Waals surface area contributed by atoms with E-state index < -0.39 is 10.0 Å². The van der Waals surface area contributed by atoms with Gasteiger partial charge in [0.1, 0.15) is 5.75 Å². The van der Waals surface area contributed by atoms with Crippen LogP contribution in [0, 0.1) is 12.8 Å². The second-order valence-corrected chi connectivity index (χ2v) is 9.78. The number of sulfonamides is 1. The van der Waals surface area contributed by atoms with Crippen LogP contribution in [0.4, 0.5) is 0 Å². The summed E-state index contributed by atoms with van der Waals surface area (Å²) in [6.45, 7) is 5.25. The number of halogens is 1. The molecule has 1 saturated heterocycles. The third-order valence-corrected chi connectivity index (χ3v) is 7.30. The van der Waals surface area contributed by atoms with Crippen molar-refractivity contribution in [2.75, 3.05) is 19.7 Å². The van der Waals surface area contributed by atoms with Crippen molar-refractivity contribution in [1.29, 1.82) is 0 Å². The van der Waals surface area contributed by atoms with Crippen LogP contribution in [0.25, 0.3) is 0 Å². The highest BCUT2D eigenvalue weighted by Crippen LogP contribution is 2.30. The molecule has 1 fully saturated rings. The van der Waals surface area contributed by atoms with Gasteiger partial charge in [-0.25, -0.2) is 8.42 Å². The molecular formula is C22H27ClN2O4S. The van der Waals surface area contributed by atoms with Crippen LogP contribution in [0.3, 0.4) is 0 Å². The van der Waals surface area contributed by atoms with Crippen LogP contribution in [0.1, 0.15) is 30.9 Å². The van der Waals surface area contributed by atoms with E-state index in [1.807, 2.05) is 38.1 Å². The quantitative estimate of drug-likeness (QED) is 0.696. The number of aryl methyl sites for hydroxylation is 1. The van der Waals surface area contributed by atoms with Gasteiger partial charge in [-0.3, -0.25) is 4.79 Å². The van der Waals surface area contributed by atoms with Crippen molar-refractivity contribution in [3.8, 4) is 5.75 Å². The summed E-state index contributed by atoms with van der Waals surface area (Å²) in [4.78, 5) is 12.8. The maximum absolute atomic E-state index is 13.1. The van der Waals surface area contributed by atoms with E-state index in [-0.39, 0.29) is 28.3 Å². The van der Waals surface area contributed by atoms with E-state index in [1.54, 1.807) is 6.07 Å². The lowest BCUT2D eigenvalue weighted by Gasteiger charge is -2.31. The van der Waals surface area contributed by atoms with Gasteiger partial charge in [0.2, 0.25) is 15.9 Å². The number of nitrogens with one attached hydrogen (secondary N) is 1. The van der Waals surface area contributed by atoms with Gasteiger partial charge in [0.05, 0.1) is 22.4 Å². The molecule has 0 unspecified atom stereocenters. The summed E-state index contributed by atoms with van der Waals surface area (Å²) >= 11 is 6.17. The number of hydrogen-bond acceptors (Lipinski definition) is 4. The second-order valence-electron chi connectivity index (χ2n) is 7.43. The molecule has 30 heavy (non-hydrogen) atoms. The standard InChI is InChI=1S/C22H27ClN2O4S/c1-3-29-21-10-9-19(13-20(21)23)30(27,28)25-11-5-8-18(15-25)22(26)24-14-17-7-4-6-16(2)12-17/h4,6-7,9-10,12-13,18H,3,5,8,11,14-15H2,1-2H3,(H,24,26)/t18-/m0/s1. The normalized spacial score (nSPS) is 17.5. The van der Waals surface area contributed by atoms with Gasteiger partial charge >= 0.3 is 0 Å². The minimum atomic E-state index is -3.74. The van der Waals surface area contributed by atoms with Crippen molar-refractivity contribution in [3.05, 3.63) is 58.6 Å². The minimum absolute atomic E-state index is 0.108. The number of benzene rings is 2. The fourth-order valence-electron chi connectivity index (χ4n) is 3.59. The number of rotatable bonds is 7. The number of ether oxygens (including phenoxy) is 1. The number of carbonyl (C=O) groups is 1. The highest BCUT2D eigenvalue weighted by molar-refractivity contribution is 7.89. The summed E-state index contributed by atoms with van der Waals surface area (Å²) in [5, 5.41) is 3.19. The monoisotopic (exact) mass is 450 g/mol. The maximum atomic E-state index is 13.1. The molecule has 0 bridgehead atoms. The molecule has 1 aliphatic rings. The summed E-state index contributed by atoms with van der Waals surface area (Å²) in [6.07, 6.45) is 1.29. The van der Waals surface area contributed by atoms with E-state index in [4.69, 9.17) is 16.3 Å². The van der Waals surface area contributed by atoms with Crippen LogP contribution in [0.15, 0.2) is 47.4 Å². The van der Waals surface area contributed by atoms with E-state index >= 15 is 0 Å². The molecule has 1 atom stereocenters. The van der Waals surface area contributed by atoms with Crippen molar-refractivity contribution >= 4 is 27.5 Å². The highest BCUT2D eigenvalue weighted by Gasteiger charge is 2.33. The van der Waals surface area contributed by atoms with Crippen LogP contribution < -0.4 is 10.1 Å². The van der Waals surface area contributed by atoms with Gasteiger partial charge in [-0.05, 0) is 50.5 Å². The molecule has 8 heteroatoms. The summed E-state index contributed by atoms with van der Waals surface area (Å²) in [5.41, 5.74) is 2.15. The van der Waals surface area contributed by atoms with Gasteiger partial charge in [0.15, 0.2) is 0 Å². The first-order valence-corrected chi connectivity index (χ1v) is 11.9. The highest BCUT2D eigenvalue weighted by atomic mass is 35.5. The predicted molar refractivity (Wildman–Crippen MR) is 117 cm³/mol. The number of nitrogens with zero attached hydrogens (tertiary/aromatic N) is 1. The van der Waals surface area contributed by atoms with Crippen molar-refractivity contribution in [2.24, 2.45) is 5.92 Å². The maximum Gasteiger partial charge on any atom is 0.243 e. The molecule has 0 radical (unpaired) electrons. The van der Waals surface area contributed by atoms with Crippen LogP contribution in [0.2, 0.25) is 5.02 Å². The van der Waals surface area contributed by atoms with Crippen molar-refractivity contribution < 1.29 is 17.9 Å². The zero-order valence-electron chi connectivity index (χ0n) is 17.2. The Hall–Kier alpha value is -2.09. The average Bonchev–Trinajstić information content (AvgIpc) is 2.73. The van der Waals surface area contributed by atoms with Gasteiger partial charge in [-0.1, -0.05) is 41.4 Å². The second kappa shape index (κ2) is 9.81. The van der Waals surface area contributed by atoms with Crippen LogP contribution in [0.5, 0.6) is 5.75 Å². The first kappa shape index (κ1) is 22.6. The van der Waals surface area contributed by atoms with Gasteiger partial charge in [0.25, 0.3) is 0 Å². The molecule has 0 aromatic heterocycles. The topological polar surface area (TPSA) is 75.7 Å². The molecule has 2 aromatic rings. The Morgan fingerprint density at radius 3 is 2.77 bits per heavy atom. The van der Waals surface area contributed by atoms with E-state index in [0.717, 1.165) is 11.1 Å². The molecule has 1 heterocycles. The molecule has 0 saturated carbocycles. The van der Waals surface area contributed by atoms with Gasteiger partial charge in [-0.2, -0.15) is 4.31 Å². The minimum Gasteiger partial charge on any atom is -0.492 e. The molecule has 6 nitrogen and oxygen atoms in total. The zero-order chi connectivity index (χ0) is 21.7. The van der Waals surface area contributed by atoms with E-state index in [9.17, 15) is 13.2 Å². The van der Waals surface area contributed by atoms with E-state index in [0.29, 0.717) is 38.3 Å². The summed E-state index contributed by atoms with van der Waals surface area (Å²) in [7, 11) is -3.74. The summed E-state index contributed by atoms with van der Waals surface area (Å²) < 4.78 is 32.9. The van der Waals surface area contributed by atoms with E-state index in [2.05, 4.69) is 5.32 Å². The zero-order valence-corrected chi connectivity index (χ0v) is 18.8. The van der Waals surface area contributed by atoms with Crippen molar-refractivity contribution in [3.63, 3.8) is 0 Å². The SMILES string of the molecule is CCOc1ccc(S(=O)(=O)N2CCC[C@H](C(=O)NCc3cccc(C)c3)C2)cc1Cl. The number of piperidine rings is 1. The molecule has 1 amide bonds. The molecule has 1 N–H and O–H groups in total. The van der Waals surface area contributed by atoms with Crippen molar-refractivity contribution in [2.45, 2.75) is 38.1 Å². The Morgan fingerprint density at radius 2 is 2.07 bits per heavy atom.